The summed E-state index contributed by atoms with van der Waals surface area (Å²) < 4.78 is 32.8. The second-order valence-corrected chi connectivity index (χ2v) is 7.17. The summed E-state index contributed by atoms with van der Waals surface area (Å²) in [5.41, 5.74) is 1.21. The van der Waals surface area contributed by atoms with Crippen molar-refractivity contribution in [2.45, 2.75) is 37.6 Å². The number of ether oxygens (including phenoxy) is 1. The van der Waals surface area contributed by atoms with Gasteiger partial charge in [0.1, 0.15) is 5.75 Å². The largest absolute Gasteiger partial charge is 0.494 e. The lowest BCUT2D eigenvalue weighted by Crippen LogP contribution is -2.32. The number of sulfonamides is 1. The van der Waals surface area contributed by atoms with Crippen molar-refractivity contribution in [2.75, 3.05) is 6.61 Å². The molecule has 0 aliphatic carbocycles. The number of benzene rings is 2. The van der Waals surface area contributed by atoms with E-state index >= 15 is 0 Å². The van der Waals surface area contributed by atoms with Gasteiger partial charge < -0.3 is 4.74 Å². The molecule has 0 saturated carbocycles. The van der Waals surface area contributed by atoms with Gasteiger partial charge >= 0.3 is 0 Å². The molecule has 0 aromatic heterocycles. The number of hydrogen-bond donors (Lipinski definition) is 1. The minimum Gasteiger partial charge on any atom is -0.494 e. The van der Waals surface area contributed by atoms with Crippen LogP contribution < -0.4 is 9.46 Å². The Morgan fingerprint density at radius 1 is 1.04 bits per heavy atom. The van der Waals surface area contributed by atoms with Crippen molar-refractivity contribution in [1.82, 2.24) is 4.72 Å². The lowest BCUT2D eigenvalue weighted by molar-refractivity contribution is 0.340. The summed E-state index contributed by atoms with van der Waals surface area (Å²) in [6.07, 6.45) is 1.59. The zero-order valence-electron chi connectivity index (χ0n) is 13.5. The van der Waals surface area contributed by atoms with Gasteiger partial charge in [0, 0.05) is 6.04 Å². The minimum absolute atomic E-state index is 0.133. The highest BCUT2D eigenvalue weighted by atomic mass is 32.2. The van der Waals surface area contributed by atoms with Crippen LogP contribution in [0.1, 0.15) is 25.8 Å². The molecular formula is C18H23NO3S. The SMILES string of the molecule is CCOc1ccc(S(=O)(=O)N[C@H](C)CCc2ccccc2)cc1. The van der Waals surface area contributed by atoms with Gasteiger partial charge in [0.15, 0.2) is 0 Å². The molecule has 0 radical (unpaired) electrons. The van der Waals surface area contributed by atoms with Crippen LogP contribution in [0, 0.1) is 0 Å². The van der Waals surface area contributed by atoms with Gasteiger partial charge in [-0.25, -0.2) is 13.1 Å². The first-order chi connectivity index (χ1) is 11.0. The van der Waals surface area contributed by atoms with Gasteiger partial charge in [0.05, 0.1) is 11.5 Å². The molecule has 0 spiro atoms. The molecule has 0 unspecified atom stereocenters. The molecule has 5 heteroatoms. The van der Waals surface area contributed by atoms with E-state index in [4.69, 9.17) is 4.74 Å². The van der Waals surface area contributed by atoms with Crippen LogP contribution in [-0.2, 0) is 16.4 Å². The summed E-state index contributed by atoms with van der Waals surface area (Å²) in [5, 5.41) is 0. The van der Waals surface area contributed by atoms with Gasteiger partial charge in [-0.1, -0.05) is 30.3 Å². The molecule has 23 heavy (non-hydrogen) atoms. The molecule has 4 nitrogen and oxygen atoms in total. The Morgan fingerprint density at radius 3 is 2.30 bits per heavy atom. The molecule has 124 valence electrons. The lowest BCUT2D eigenvalue weighted by atomic mass is 10.1. The molecule has 2 rings (SSSR count). The maximum absolute atomic E-state index is 12.4. The normalized spacial score (nSPS) is 12.8. The highest BCUT2D eigenvalue weighted by Gasteiger charge is 2.17. The van der Waals surface area contributed by atoms with E-state index in [1.807, 2.05) is 44.2 Å². The van der Waals surface area contributed by atoms with Crippen LogP contribution >= 0.6 is 0 Å². The maximum atomic E-state index is 12.4. The Labute approximate surface area is 138 Å². The molecule has 0 heterocycles. The summed E-state index contributed by atoms with van der Waals surface area (Å²) in [7, 11) is -3.50. The first kappa shape index (κ1) is 17.5. The van der Waals surface area contributed by atoms with Crippen LogP contribution in [-0.4, -0.2) is 21.1 Å². The molecule has 0 bridgehead atoms. The van der Waals surface area contributed by atoms with E-state index in [0.717, 1.165) is 12.8 Å². The third-order valence-corrected chi connectivity index (χ3v) is 5.12. The number of nitrogens with one attached hydrogen (secondary N) is 1. The maximum Gasteiger partial charge on any atom is 0.240 e. The third-order valence-electron chi connectivity index (χ3n) is 3.51. The van der Waals surface area contributed by atoms with Crippen molar-refractivity contribution < 1.29 is 13.2 Å². The summed E-state index contributed by atoms with van der Waals surface area (Å²) >= 11 is 0. The topological polar surface area (TPSA) is 55.4 Å². The average molecular weight is 333 g/mol. The summed E-state index contributed by atoms with van der Waals surface area (Å²) in [5.74, 6) is 0.670. The van der Waals surface area contributed by atoms with Gasteiger partial charge in [0.25, 0.3) is 0 Å². The second-order valence-electron chi connectivity index (χ2n) is 5.45. The van der Waals surface area contributed by atoms with E-state index in [2.05, 4.69) is 4.72 Å². The zero-order valence-corrected chi connectivity index (χ0v) is 14.3. The second kappa shape index (κ2) is 8.13. The predicted octanol–water partition coefficient (Wildman–Crippen LogP) is 3.38. The Kier molecular flexibility index (Phi) is 6.19. The number of aryl methyl sites for hydroxylation is 1. The van der Waals surface area contributed by atoms with Gasteiger partial charge in [-0.3, -0.25) is 0 Å². The standard InChI is InChI=1S/C18H23NO3S/c1-3-22-17-11-13-18(14-12-17)23(20,21)19-15(2)9-10-16-7-5-4-6-8-16/h4-8,11-15,19H,3,9-10H2,1-2H3/t15-/m1/s1. The van der Waals surface area contributed by atoms with E-state index in [9.17, 15) is 8.42 Å². The van der Waals surface area contributed by atoms with E-state index in [1.54, 1.807) is 24.3 Å². The summed E-state index contributed by atoms with van der Waals surface area (Å²) in [6.45, 7) is 4.33. The first-order valence-corrected chi connectivity index (χ1v) is 9.28. The highest BCUT2D eigenvalue weighted by molar-refractivity contribution is 7.89. The molecule has 2 aromatic rings. The minimum atomic E-state index is -3.50. The monoisotopic (exact) mass is 333 g/mol. The first-order valence-electron chi connectivity index (χ1n) is 7.80. The number of rotatable bonds is 8. The predicted molar refractivity (Wildman–Crippen MR) is 92.2 cm³/mol. The lowest BCUT2D eigenvalue weighted by Gasteiger charge is -2.14. The van der Waals surface area contributed by atoms with Gasteiger partial charge in [0.2, 0.25) is 10.0 Å². The Morgan fingerprint density at radius 2 is 1.70 bits per heavy atom. The fraction of sp³-hybridized carbons (Fsp3) is 0.333. The van der Waals surface area contributed by atoms with E-state index in [-0.39, 0.29) is 10.9 Å². The van der Waals surface area contributed by atoms with Gasteiger partial charge in [-0.05, 0) is 56.5 Å². The Bertz CT molecular complexity index is 697. The van der Waals surface area contributed by atoms with Crippen LogP contribution in [0.5, 0.6) is 5.75 Å². The molecule has 0 aliphatic heterocycles. The third kappa shape index (κ3) is 5.37. The molecule has 1 N–H and O–H groups in total. The Balaban J connectivity index is 1.94. The van der Waals surface area contributed by atoms with Crippen molar-refractivity contribution in [1.29, 1.82) is 0 Å². The van der Waals surface area contributed by atoms with Gasteiger partial charge in [-0.2, -0.15) is 0 Å². The van der Waals surface area contributed by atoms with Crippen molar-refractivity contribution in [3.05, 3.63) is 60.2 Å². The van der Waals surface area contributed by atoms with Crippen LogP contribution in [0.4, 0.5) is 0 Å². The highest BCUT2D eigenvalue weighted by Crippen LogP contribution is 2.16. The molecule has 0 fully saturated rings. The van der Waals surface area contributed by atoms with Crippen molar-refractivity contribution in [3.8, 4) is 5.75 Å². The fourth-order valence-corrected chi connectivity index (χ4v) is 3.58. The molecule has 0 amide bonds. The van der Waals surface area contributed by atoms with Crippen molar-refractivity contribution in [3.63, 3.8) is 0 Å². The van der Waals surface area contributed by atoms with Crippen LogP contribution in [0.15, 0.2) is 59.5 Å². The summed E-state index contributed by atoms with van der Waals surface area (Å²) in [4.78, 5) is 0.257. The quantitative estimate of drug-likeness (QED) is 0.806. The van der Waals surface area contributed by atoms with Crippen LogP contribution in [0.25, 0.3) is 0 Å². The Hall–Kier alpha value is -1.85. The molecular weight excluding hydrogens is 310 g/mol. The molecule has 2 aromatic carbocycles. The van der Waals surface area contributed by atoms with Crippen LogP contribution in [0.2, 0.25) is 0 Å². The van der Waals surface area contributed by atoms with Crippen LogP contribution in [0.3, 0.4) is 0 Å². The molecule has 0 saturated heterocycles. The molecule has 0 aliphatic rings. The fourth-order valence-electron chi connectivity index (χ4n) is 2.30. The number of hydrogen-bond acceptors (Lipinski definition) is 3. The van der Waals surface area contributed by atoms with Crippen molar-refractivity contribution >= 4 is 10.0 Å². The van der Waals surface area contributed by atoms with E-state index < -0.39 is 10.0 Å². The molecule has 1 atom stereocenters. The van der Waals surface area contributed by atoms with E-state index in [0.29, 0.717) is 12.4 Å². The van der Waals surface area contributed by atoms with Crippen molar-refractivity contribution in [2.24, 2.45) is 0 Å². The summed E-state index contributed by atoms with van der Waals surface area (Å²) in [6, 6.07) is 16.4. The average Bonchev–Trinajstić information content (AvgIpc) is 2.54. The van der Waals surface area contributed by atoms with Gasteiger partial charge in [-0.15, -0.1) is 0 Å². The zero-order chi connectivity index (χ0) is 16.7. The smallest absolute Gasteiger partial charge is 0.240 e. The van der Waals surface area contributed by atoms with E-state index in [1.165, 1.54) is 5.56 Å².